The number of hydrogen-bond donors (Lipinski definition) is 1. The molecule has 34 valence electrons. The summed E-state index contributed by atoms with van der Waals surface area (Å²) in [5.41, 5.74) is 4.65. The van der Waals surface area contributed by atoms with Gasteiger partial charge >= 0.3 is 0 Å². The van der Waals surface area contributed by atoms with E-state index in [2.05, 4.69) is 21.7 Å². The summed E-state index contributed by atoms with van der Waals surface area (Å²) < 4.78 is 0. The van der Waals surface area contributed by atoms with Crippen LogP contribution >= 0.6 is 15.9 Å². The molecule has 0 aliphatic rings. The molecular formula is C3H4BrNO. The van der Waals surface area contributed by atoms with Gasteiger partial charge < -0.3 is 5.73 Å². The molecule has 0 aromatic carbocycles. The molecule has 0 saturated carbocycles. The molecule has 0 rings (SSSR count). The Balaban J connectivity index is 3.30. The molecule has 2 nitrogen and oxygen atoms in total. The molecule has 0 aliphatic carbocycles. The molecule has 0 saturated heterocycles. The van der Waals surface area contributed by atoms with Crippen molar-refractivity contribution in [3.63, 3.8) is 0 Å². The Hall–Kier alpha value is -0.310. The summed E-state index contributed by atoms with van der Waals surface area (Å²) in [6, 6.07) is 0. The fourth-order valence-corrected chi connectivity index (χ4v) is 0.323. The van der Waals surface area contributed by atoms with Gasteiger partial charge in [-0.2, -0.15) is 0 Å². The van der Waals surface area contributed by atoms with Gasteiger partial charge in [-0.05, 0) is 4.99 Å². The van der Waals surface area contributed by atoms with Crippen LogP contribution in [0, 0.1) is 0 Å². The van der Waals surface area contributed by atoms with Crippen molar-refractivity contribution >= 4 is 21.8 Å². The van der Waals surface area contributed by atoms with E-state index in [1.54, 1.807) is 0 Å². The van der Waals surface area contributed by atoms with Crippen LogP contribution in [0.3, 0.4) is 0 Å². The largest absolute Gasteiger partial charge is 0.366 e. The molecule has 0 aromatic rings. The first-order valence-electron chi connectivity index (χ1n) is 1.33. The minimum absolute atomic E-state index is 0.438. The topological polar surface area (TPSA) is 43.1 Å². The summed E-state index contributed by atoms with van der Waals surface area (Å²) in [4.78, 5) is 11.1. The van der Waals surface area contributed by atoms with E-state index < -0.39 is 5.91 Å². The maximum Gasteiger partial charge on any atom is 0.241 e. The minimum Gasteiger partial charge on any atom is -0.366 e. The predicted octanol–water partition coefficient (Wildman–Crippen LogP) is 0.380. The second-order valence-electron chi connectivity index (χ2n) is 0.695. The van der Waals surface area contributed by atoms with E-state index in [0.29, 0.717) is 0 Å². The first-order valence-corrected chi connectivity index (χ1v) is 2.25. The minimum atomic E-state index is -0.438. The van der Waals surface area contributed by atoms with Crippen molar-refractivity contribution in [1.82, 2.24) is 0 Å². The third kappa shape index (κ3) is 3.69. The van der Waals surface area contributed by atoms with Crippen molar-refractivity contribution in [2.45, 2.75) is 0 Å². The summed E-state index contributed by atoms with van der Waals surface area (Å²) in [7, 11) is 0. The molecule has 2 N–H and O–H groups in total. The van der Waals surface area contributed by atoms with Crippen molar-refractivity contribution in [3.05, 3.63) is 11.1 Å². The quantitative estimate of drug-likeness (QED) is 0.539. The third-order valence-corrected chi connectivity index (χ3v) is 0.492. The van der Waals surface area contributed by atoms with Crippen molar-refractivity contribution < 1.29 is 4.79 Å². The zero-order chi connectivity index (χ0) is 4.99. The van der Waals surface area contributed by atoms with Crippen molar-refractivity contribution in [2.75, 3.05) is 0 Å². The Kier molecular flexibility index (Phi) is 2.75. The second kappa shape index (κ2) is 2.90. The molecule has 0 radical (unpaired) electrons. The molecule has 0 aliphatic heterocycles. The number of carbonyl (C=O) groups excluding carboxylic acids is 1. The monoisotopic (exact) mass is 149 g/mol. The lowest BCUT2D eigenvalue weighted by atomic mass is 10.6. The maximum absolute atomic E-state index is 9.70. The van der Waals surface area contributed by atoms with Crippen molar-refractivity contribution in [1.29, 1.82) is 0 Å². The number of carbonyl (C=O) groups is 1. The molecule has 0 fully saturated rings. The number of nitrogens with two attached hydrogens (primary N) is 1. The Morgan fingerprint density at radius 3 is 2.33 bits per heavy atom. The van der Waals surface area contributed by atoms with Gasteiger partial charge in [0.05, 0.1) is 0 Å². The van der Waals surface area contributed by atoms with E-state index in [1.807, 2.05) is 0 Å². The lowest BCUT2D eigenvalue weighted by molar-refractivity contribution is -0.113. The van der Waals surface area contributed by atoms with Gasteiger partial charge in [0.2, 0.25) is 5.91 Å². The standard InChI is InChI=1S/C3H4BrNO/c4-2-1-3(5)6/h1-2H,(H2,5,6). The van der Waals surface area contributed by atoms with Gasteiger partial charge in [-0.3, -0.25) is 4.79 Å². The number of amides is 1. The van der Waals surface area contributed by atoms with Gasteiger partial charge in [0.25, 0.3) is 0 Å². The highest BCUT2D eigenvalue weighted by atomic mass is 79.9. The third-order valence-electron chi connectivity index (χ3n) is 0.227. The Labute approximate surface area is 44.1 Å². The van der Waals surface area contributed by atoms with Crippen LogP contribution in [0.15, 0.2) is 11.1 Å². The van der Waals surface area contributed by atoms with Crippen LogP contribution in [0.1, 0.15) is 0 Å². The highest BCUT2D eigenvalue weighted by Crippen LogP contribution is 1.78. The van der Waals surface area contributed by atoms with Crippen LogP contribution in [-0.2, 0) is 4.79 Å². The first-order chi connectivity index (χ1) is 2.77. The lowest BCUT2D eigenvalue weighted by Crippen LogP contribution is -2.04. The van der Waals surface area contributed by atoms with Crippen LogP contribution in [0.4, 0.5) is 0 Å². The zero-order valence-electron chi connectivity index (χ0n) is 3.02. The van der Waals surface area contributed by atoms with Crippen LogP contribution < -0.4 is 5.73 Å². The molecule has 0 bridgehead atoms. The van der Waals surface area contributed by atoms with Gasteiger partial charge in [-0.25, -0.2) is 0 Å². The molecule has 0 unspecified atom stereocenters. The highest BCUT2D eigenvalue weighted by Gasteiger charge is 1.74. The summed E-state index contributed by atoms with van der Waals surface area (Å²) >= 11 is 2.87. The van der Waals surface area contributed by atoms with E-state index in [-0.39, 0.29) is 0 Å². The number of hydrogen-bond acceptors (Lipinski definition) is 1. The SMILES string of the molecule is NC(=O)C=CBr. The molecule has 0 heterocycles. The molecule has 0 spiro atoms. The van der Waals surface area contributed by atoms with Crippen LogP contribution in [0.25, 0.3) is 0 Å². The molecule has 0 aromatic heterocycles. The molecule has 6 heavy (non-hydrogen) atoms. The Morgan fingerprint density at radius 2 is 2.33 bits per heavy atom. The first kappa shape index (κ1) is 5.69. The van der Waals surface area contributed by atoms with Crippen molar-refractivity contribution in [3.8, 4) is 0 Å². The normalized spacial score (nSPS) is 9.50. The summed E-state index contributed by atoms with van der Waals surface area (Å²) in [5.74, 6) is -0.438. The average molecular weight is 150 g/mol. The average Bonchev–Trinajstić information content (AvgIpc) is 1.35. The van der Waals surface area contributed by atoms with Crippen LogP contribution in [0.2, 0.25) is 0 Å². The van der Waals surface area contributed by atoms with Gasteiger partial charge in [0.1, 0.15) is 0 Å². The fourth-order valence-electron chi connectivity index (χ4n) is 0.0621. The van der Waals surface area contributed by atoms with E-state index in [0.717, 1.165) is 0 Å². The fraction of sp³-hybridized carbons (Fsp3) is 0. The highest BCUT2D eigenvalue weighted by molar-refractivity contribution is 9.11. The molecule has 3 heteroatoms. The van der Waals surface area contributed by atoms with Crippen LogP contribution in [-0.4, -0.2) is 5.91 Å². The molecule has 1 amide bonds. The van der Waals surface area contributed by atoms with Gasteiger partial charge in [0, 0.05) is 6.08 Å². The van der Waals surface area contributed by atoms with Gasteiger partial charge in [0.15, 0.2) is 0 Å². The smallest absolute Gasteiger partial charge is 0.241 e. The van der Waals surface area contributed by atoms with E-state index in [4.69, 9.17) is 0 Å². The van der Waals surface area contributed by atoms with Crippen molar-refractivity contribution in [2.24, 2.45) is 5.73 Å². The number of halogens is 1. The lowest BCUT2D eigenvalue weighted by Gasteiger charge is -1.69. The van der Waals surface area contributed by atoms with E-state index in [9.17, 15) is 4.79 Å². The summed E-state index contributed by atoms with van der Waals surface area (Å²) in [5, 5.41) is 0. The predicted molar refractivity (Wildman–Crippen MR) is 27.3 cm³/mol. The Morgan fingerprint density at radius 1 is 1.83 bits per heavy atom. The van der Waals surface area contributed by atoms with E-state index in [1.165, 1.54) is 11.1 Å². The maximum atomic E-state index is 9.70. The summed E-state index contributed by atoms with van der Waals surface area (Å²) in [6.45, 7) is 0. The van der Waals surface area contributed by atoms with E-state index >= 15 is 0 Å². The number of primary amides is 1. The van der Waals surface area contributed by atoms with Gasteiger partial charge in [-0.1, -0.05) is 15.9 Å². The Bertz CT molecular complexity index is 78.9. The zero-order valence-corrected chi connectivity index (χ0v) is 4.60. The molecule has 0 atom stereocenters. The number of rotatable bonds is 1. The summed E-state index contributed by atoms with van der Waals surface area (Å²) in [6.07, 6.45) is 1.22. The van der Waals surface area contributed by atoms with Crippen LogP contribution in [0.5, 0.6) is 0 Å². The second-order valence-corrected chi connectivity index (χ2v) is 1.22. The van der Waals surface area contributed by atoms with Gasteiger partial charge in [-0.15, -0.1) is 0 Å². The molecular weight excluding hydrogens is 146 g/mol.